The molecule has 1 saturated heterocycles. The van der Waals surface area contributed by atoms with Crippen molar-refractivity contribution >= 4 is 28.5 Å². The summed E-state index contributed by atoms with van der Waals surface area (Å²) in [6.45, 7) is 0.692. The highest BCUT2D eigenvalue weighted by atomic mass is 16.4. The molecule has 7 rings (SSSR count). The number of oxazole rings is 1. The molecule has 254 valence electrons. The Kier molecular flexibility index (Phi) is 9.29. The molecule has 3 heterocycles. The van der Waals surface area contributed by atoms with E-state index in [0.29, 0.717) is 23.9 Å². The summed E-state index contributed by atoms with van der Waals surface area (Å²) in [5.41, 5.74) is 5.83. The highest BCUT2D eigenvalue weighted by molar-refractivity contribution is 5.96. The summed E-state index contributed by atoms with van der Waals surface area (Å²) in [5.74, 6) is 1.80. The van der Waals surface area contributed by atoms with E-state index < -0.39 is 6.04 Å². The first-order chi connectivity index (χ1) is 24.3. The van der Waals surface area contributed by atoms with Gasteiger partial charge in [-0.15, -0.1) is 0 Å². The minimum Gasteiger partial charge on any atom is -0.436 e. The third-order valence-corrected chi connectivity index (χ3v) is 9.26. The third kappa shape index (κ3) is 6.67. The van der Waals surface area contributed by atoms with Gasteiger partial charge < -0.3 is 19.6 Å². The Morgan fingerprint density at radius 3 is 2.24 bits per heavy atom. The monoisotopic (exact) mass is 667 g/mol. The molecule has 10 heteroatoms. The second kappa shape index (κ2) is 14.1. The van der Waals surface area contributed by atoms with Crippen molar-refractivity contribution < 1.29 is 14.0 Å². The number of fused-ring (bicyclic) bond motifs is 1. The Bertz CT molecular complexity index is 2110. The van der Waals surface area contributed by atoms with Gasteiger partial charge in [0, 0.05) is 23.4 Å². The van der Waals surface area contributed by atoms with Gasteiger partial charge in [0.25, 0.3) is 0 Å². The number of hydrogen-bond acceptors (Lipinski definition) is 7. The number of likely N-dealkylation sites (tertiary alicyclic amines) is 1. The molecule has 1 fully saturated rings. The summed E-state index contributed by atoms with van der Waals surface area (Å²) >= 11 is 0. The molecule has 0 aliphatic carbocycles. The second-order valence-electron chi connectivity index (χ2n) is 13.2. The number of H-pyrrole nitrogens is 1. The number of benzene rings is 4. The van der Waals surface area contributed by atoms with Crippen LogP contribution in [0.1, 0.15) is 47.9 Å². The number of carbonyl (C=O) groups is 2. The lowest BCUT2D eigenvalue weighted by Crippen LogP contribution is -2.40. The Labute approximate surface area is 291 Å². The SMILES string of the molecule is CN(C)[C@@H](C(=O)Nc1cccc(-c2ncc(-c3ccc4nc([C@@H]5CCCN5C(=O)[C@@H](c5ccccc5)N(C)C)[nH]c4c3)o2)c1)c1ccccc1. The van der Waals surface area contributed by atoms with Crippen molar-refractivity contribution in [2.75, 3.05) is 40.1 Å². The summed E-state index contributed by atoms with van der Waals surface area (Å²) in [6, 6.07) is 32.1. The van der Waals surface area contributed by atoms with E-state index in [1.807, 2.05) is 146 Å². The molecule has 2 amide bonds. The number of carbonyl (C=O) groups excluding carboxylic acids is 2. The first kappa shape index (κ1) is 32.9. The molecule has 1 aliphatic rings. The average Bonchev–Trinajstić information content (AvgIpc) is 3.89. The van der Waals surface area contributed by atoms with E-state index in [0.717, 1.165) is 52.0 Å². The van der Waals surface area contributed by atoms with Crippen molar-refractivity contribution in [2.24, 2.45) is 0 Å². The lowest BCUT2D eigenvalue weighted by atomic mass is 10.0. The van der Waals surface area contributed by atoms with E-state index >= 15 is 0 Å². The fraction of sp³-hybridized carbons (Fsp3) is 0.250. The van der Waals surface area contributed by atoms with Crippen molar-refractivity contribution in [1.82, 2.24) is 29.7 Å². The van der Waals surface area contributed by atoms with Crippen molar-refractivity contribution in [3.8, 4) is 22.8 Å². The number of likely N-dealkylation sites (N-methyl/N-ethyl adjacent to an activating group) is 2. The van der Waals surface area contributed by atoms with Gasteiger partial charge in [0.15, 0.2) is 5.76 Å². The smallest absolute Gasteiger partial charge is 0.246 e. The summed E-state index contributed by atoms with van der Waals surface area (Å²) in [4.78, 5) is 46.1. The normalized spacial score (nSPS) is 15.9. The molecule has 0 saturated carbocycles. The first-order valence-corrected chi connectivity index (χ1v) is 16.9. The summed E-state index contributed by atoms with van der Waals surface area (Å²) in [6.07, 6.45) is 3.47. The van der Waals surface area contributed by atoms with Crippen molar-refractivity contribution in [2.45, 2.75) is 31.0 Å². The fourth-order valence-electron chi connectivity index (χ4n) is 6.91. The molecule has 2 N–H and O–H groups in total. The number of anilines is 1. The second-order valence-corrected chi connectivity index (χ2v) is 13.2. The Morgan fingerprint density at radius 2 is 1.54 bits per heavy atom. The molecular formula is C40H41N7O3. The highest BCUT2D eigenvalue weighted by Gasteiger charge is 2.37. The molecule has 2 aromatic heterocycles. The topological polar surface area (TPSA) is 111 Å². The van der Waals surface area contributed by atoms with E-state index in [4.69, 9.17) is 9.40 Å². The van der Waals surface area contributed by atoms with Gasteiger partial charge in [-0.3, -0.25) is 19.4 Å². The highest BCUT2D eigenvalue weighted by Crippen LogP contribution is 2.36. The Morgan fingerprint density at radius 1 is 0.840 bits per heavy atom. The molecule has 1 aliphatic heterocycles. The molecule has 10 nitrogen and oxygen atoms in total. The van der Waals surface area contributed by atoms with Crippen LogP contribution >= 0.6 is 0 Å². The van der Waals surface area contributed by atoms with Crippen LogP contribution in [0.5, 0.6) is 0 Å². The zero-order valence-electron chi connectivity index (χ0n) is 28.7. The van der Waals surface area contributed by atoms with Crippen LogP contribution in [-0.2, 0) is 9.59 Å². The van der Waals surface area contributed by atoms with Gasteiger partial charge in [-0.25, -0.2) is 9.97 Å². The number of aromatic nitrogens is 3. The molecule has 4 aromatic carbocycles. The Hall–Kier alpha value is -5.58. The maximum Gasteiger partial charge on any atom is 0.246 e. The molecule has 0 bridgehead atoms. The van der Waals surface area contributed by atoms with Crippen LogP contribution in [0.4, 0.5) is 5.69 Å². The van der Waals surface area contributed by atoms with Gasteiger partial charge in [-0.05, 0) is 88.6 Å². The Balaban J connectivity index is 1.09. The van der Waals surface area contributed by atoms with Crippen molar-refractivity contribution in [1.29, 1.82) is 0 Å². The maximum atomic E-state index is 13.9. The van der Waals surface area contributed by atoms with E-state index in [1.165, 1.54) is 0 Å². The van der Waals surface area contributed by atoms with Gasteiger partial charge >= 0.3 is 0 Å². The van der Waals surface area contributed by atoms with Crippen LogP contribution in [0.15, 0.2) is 114 Å². The van der Waals surface area contributed by atoms with E-state index in [1.54, 1.807) is 6.20 Å². The van der Waals surface area contributed by atoms with Crippen LogP contribution < -0.4 is 5.32 Å². The predicted octanol–water partition coefficient (Wildman–Crippen LogP) is 7.09. The molecular weight excluding hydrogens is 626 g/mol. The minimum absolute atomic E-state index is 0.0800. The fourth-order valence-corrected chi connectivity index (χ4v) is 6.91. The van der Waals surface area contributed by atoms with Gasteiger partial charge in [0.1, 0.15) is 17.9 Å². The molecule has 6 aromatic rings. The largest absolute Gasteiger partial charge is 0.436 e. The average molecular weight is 668 g/mol. The zero-order valence-corrected chi connectivity index (χ0v) is 28.7. The number of nitrogens with zero attached hydrogens (tertiary/aromatic N) is 5. The number of nitrogens with one attached hydrogen (secondary N) is 2. The molecule has 50 heavy (non-hydrogen) atoms. The van der Waals surface area contributed by atoms with Gasteiger partial charge in [0.2, 0.25) is 17.7 Å². The zero-order chi connectivity index (χ0) is 34.8. The summed E-state index contributed by atoms with van der Waals surface area (Å²) in [7, 11) is 7.67. The number of aromatic amines is 1. The van der Waals surface area contributed by atoms with Gasteiger partial charge in [-0.1, -0.05) is 66.7 Å². The van der Waals surface area contributed by atoms with Gasteiger partial charge in [-0.2, -0.15) is 0 Å². The van der Waals surface area contributed by atoms with Crippen LogP contribution in [0, 0.1) is 0 Å². The lowest BCUT2D eigenvalue weighted by molar-refractivity contribution is -0.137. The summed E-state index contributed by atoms with van der Waals surface area (Å²) < 4.78 is 6.24. The van der Waals surface area contributed by atoms with Crippen LogP contribution in [0.25, 0.3) is 33.8 Å². The van der Waals surface area contributed by atoms with E-state index in [9.17, 15) is 9.59 Å². The number of imidazole rings is 1. The van der Waals surface area contributed by atoms with Crippen molar-refractivity contribution in [3.05, 3.63) is 126 Å². The van der Waals surface area contributed by atoms with Gasteiger partial charge in [0.05, 0.1) is 23.3 Å². The first-order valence-electron chi connectivity index (χ1n) is 16.9. The van der Waals surface area contributed by atoms with Crippen LogP contribution in [-0.4, -0.2) is 76.2 Å². The van der Waals surface area contributed by atoms with Crippen molar-refractivity contribution in [3.63, 3.8) is 0 Å². The van der Waals surface area contributed by atoms with E-state index in [-0.39, 0.29) is 23.9 Å². The quantitative estimate of drug-likeness (QED) is 0.161. The number of hydrogen-bond donors (Lipinski definition) is 2. The molecule has 3 atom stereocenters. The minimum atomic E-state index is -0.437. The number of rotatable bonds is 10. The summed E-state index contributed by atoms with van der Waals surface area (Å²) in [5, 5.41) is 3.06. The van der Waals surface area contributed by atoms with E-state index in [2.05, 4.69) is 15.3 Å². The molecule has 0 unspecified atom stereocenters. The molecule has 0 spiro atoms. The van der Waals surface area contributed by atoms with Crippen LogP contribution in [0.2, 0.25) is 0 Å². The maximum absolute atomic E-state index is 13.9. The lowest BCUT2D eigenvalue weighted by Gasteiger charge is -2.31. The molecule has 0 radical (unpaired) electrons. The third-order valence-electron chi connectivity index (χ3n) is 9.26. The predicted molar refractivity (Wildman–Crippen MR) is 195 cm³/mol. The standard InChI is InChI=1S/C40H41N7O3/c1-45(2)35(26-13-7-5-8-14-26)38(48)42-30-18-11-17-29(23-30)39-41-25-34(50-39)28-20-21-31-32(24-28)44-37(43-31)33-19-12-22-47(33)40(49)36(46(3)4)27-15-9-6-10-16-27/h5-11,13-18,20-21,23-25,33,35-36H,12,19,22H2,1-4H3,(H,42,48)(H,43,44)/t33-,35+,36+/m0/s1. The van der Waals surface area contributed by atoms with Crippen LogP contribution in [0.3, 0.4) is 0 Å². The number of amides is 2.